The van der Waals surface area contributed by atoms with Crippen molar-refractivity contribution in [1.29, 1.82) is 0 Å². The van der Waals surface area contributed by atoms with Gasteiger partial charge >= 0.3 is 0 Å². The molecule has 49 heavy (non-hydrogen) atoms. The molecule has 0 aromatic carbocycles. The van der Waals surface area contributed by atoms with Crippen molar-refractivity contribution in [2.24, 2.45) is 0 Å². The van der Waals surface area contributed by atoms with Crippen molar-refractivity contribution in [3.05, 3.63) is 0 Å². The van der Waals surface area contributed by atoms with E-state index in [2.05, 4.69) is 0 Å². The Morgan fingerprint density at radius 3 is 0.0204 bits per heavy atom. The Hall–Kier alpha value is 28.6. The maximum Gasteiger partial charge on any atom is 0 e. The first-order valence-corrected chi connectivity index (χ1v) is 0. The van der Waals surface area contributed by atoms with E-state index in [0.717, 1.165) is 0 Å². The summed E-state index contributed by atoms with van der Waals surface area (Å²) in [4.78, 5) is 0. The summed E-state index contributed by atoms with van der Waals surface area (Å²) in [5.74, 6) is 0. The molecule has 245 valence electrons. The van der Waals surface area contributed by atoms with Crippen LogP contribution >= 0.6 is 0 Å². The molecule has 0 spiro atoms. The van der Waals surface area contributed by atoms with Gasteiger partial charge < -0.3 is 0 Å². The molecule has 0 bridgehead atoms. The molecule has 0 aliphatic carbocycles. The molecule has 0 heterocycles. The Morgan fingerprint density at radius 1 is 0.0204 bits per heavy atom. The quantitative estimate of drug-likeness (QED) is 0.318. The van der Waals surface area contributed by atoms with Crippen molar-refractivity contribution < 1.29 is 909 Å². The summed E-state index contributed by atoms with van der Waals surface area (Å²) in [7, 11) is 0. The first kappa shape index (κ1) is 556. The monoisotopic (exact) mass is 2500 g/mol. The summed E-state index contributed by atoms with van der Waals surface area (Å²) in [6.45, 7) is 0. The average Bonchev–Trinajstić information content (AvgIpc) is 0. The normalized spacial score (nSPS) is 0. The van der Waals surface area contributed by atoms with Gasteiger partial charge in [0.1, 0.15) is 0 Å². The molecule has 0 rings (SSSR count). The van der Waals surface area contributed by atoms with Crippen molar-refractivity contribution in [1.82, 2.24) is 0 Å². The Labute approximate surface area is 884 Å². The van der Waals surface area contributed by atoms with E-state index in [1.54, 1.807) is 0 Å². The summed E-state index contributed by atoms with van der Waals surface area (Å²) < 4.78 is 0. The molecule has 0 fully saturated rings. The van der Waals surface area contributed by atoms with E-state index in [1.807, 2.05) is 0 Å². The minimum absolute atomic E-state index is 0. The van der Waals surface area contributed by atoms with E-state index < -0.39 is 0 Å². The molecule has 0 N–H and O–H groups in total. The van der Waals surface area contributed by atoms with Gasteiger partial charge in [-0.15, -0.1) is 0 Å². The predicted molar refractivity (Wildman–Crippen MR) is 0 cm³/mol. The fourth-order valence-electron chi connectivity index (χ4n) is 0. The molecular weight excluding hydrogens is 2500 g/mol. The Balaban J connectivity index is 0. The van der Waals surface area contributed by atoms with Crippen LogP contribution in [-0.4, -0.2) is 0 Å². The van der Waals surface area contributed by atoms with E-state index in [0.29, 0.717) is 0 Å². The van der Waals surface area contributed by atoms with Crippen LogP contribution in [0.5, 0.6) is 0 Å². The average molecular weight is 2500 g/mol. The van der Waals surface area contributed by atoms with Crippen LogP contribution in [0.2, 0.25) is 0 Å². The second-order valence-corrected chi connectivity index (χ2v) is 0. The van der Waals surface area contributed by atoms with Gasteiger partial charge in [0, 0.05) is 909 Å². The Morgan fingerprint density at radius 2 is 0.0204 bits per heavy atom. The summed E-state index contributed by atoms with van der Waals surface area (Å²) in [6, 6.07) is 0. The molecule has 0 saturated carbocycles. The van der Waals surface area contributed by atoms with Gasteiger partial charge in [-0.05, 0) is 0 Å². The van der Waals surface area contributed by atoms with Crippen LogP contribution in [0.3, 0.4) is 0 Å². The van der Waals surface area contributed by atoms with Crippen LogP contribution in [0.25, 0.3) is 0 Å². The smallest absolute Gasteiger partial charge is 0 e. The van der Waals surface area contributed by atoms with Gasteiger partial charge in [0.2, 0.25) is 0 Å². The minimum atomic E-state index is 0. The van der Waals surface area contributed by atoms with Gasteiger partial charge in [-0.25, -0.2) is 0 Å². The van der Waals surface area contributed by atoms with Crippen LogP contribution in [0.15, 0.2) is 0 Å². The number of hydrogen-bond donors (Lipinski definition) is 0. The van der Waals surface area contributed by atoms with Gasteiger partial charge in [0.05, 0.1) is 0 Å². The third-order valence-electron chi connectivity index (χ3n) is 0. The fraction of sp³-hybridized carbons (Fsp3) is 0. The first-order chi connectivity index (χ1) is 0. The SMILES string of the molecule is [V].[V].[V].[V].[V].[V].[V].[V].[V].[V].[V].[V].[V].[V].[V].[V].[V].[V].[V].[V].[V].[V].[V].[V].[V].[V].[V].[V].[V].[V].[V].[V].[V].[V].[V].[V].[V].[V].[V].[V].[V].[V].[V].[V].[V].[V].[V].[V].[V]. The molecule has 0 unspecified atom stereocenters. The van der Waals surface area contributed by atoms with Crippen molar-refractivity contribution in [2.45, 2.75) is 0 Å². The summed E-state index contributed by atoms with van der Waals surface area (Å²) in [6.07, 6.45) is 0. The maximum absolute atomic E-state index is 0. The zero-order valence-electron chi connectivity index (χ0n) is 21.9. The van der Waals surface area contributed by atoms with Crippen LogP contribution in [-0.2, 0) is 909 Å². The molecule has 0 aromatic heterocycles. The summed E-state index contributed by atoms with van der Waals surface area (Å²) >= 11 is 0. The van der Waals surface area contributed by atoms with Gasteiger partial charge in [-0.1, -0.05) is 0 Å². The number of rotatable bonds is 0. The molecule has 49 radical (unpaired) electrons. The molecule has 0 aromatic rings. The maximum atomic E-state index is 0. The van der Waals surface area contributed by atoms with Gasteiger partial charge in [0.25, 0.3) is 0 Å². The van der Waals surface area contributed by atoms with Crippen molar-refractivity contribution >= 4 is 0 Å². The Bertz CT molecular complexity index is 0. The Kier molecular flexibility index (Phi) is 6070. The molecule has 0 aliphatic heterocycles. The molecule has 0 aliphatic rings. The topological polar surface area (TPSA) is 0 Å². The van der Waals surface area contributed by atoms with Gasteiger partial charge in [-0.3, -0.25) is 0 Å². The molecule has 0 atom stereocenters. The van der Waals surface area contributed by atoms with Crippen molar-refractivity contribution in [2.75, 3.05) is 0 Å². The van der Waals surface area contributed by atoms with Crippen LogP contribution in [0, 0.1) is 0 Å². The van der Waals surface area contributed by atoms with Crippen LogP contribution in [0.1, 0.15) is 0 Å². The summed E-state index contributed by atoms with van der Waals surface area (Å²) in [5, 5.41) is 0. The zero-order chi connectivity index (χ0) is 0. The first-order valence-electron chi connectivity index (χ1n) is 0. The van der Waals surface area contributed by atoms with E-state index in [9.17, 15) is 0 Å². The van der Waals surface area contributed by atoms with Crippen molar-refractivity contribution in [3.8, 4) is 0 Å². The summed E-state index contributed by atoms with van der Waals surface area (Å²) in [5.41, 5.74) is 0. The minimum Gasteiger partial charge on any atom is 0 e. The second-order valence-electron chi connectivity index (χ2n) is 0. The van der Waals surface area contributed by atoms with Crippen molar-refractivity contribution in [3.63, 3.8) is 0 Å². The van der Waals surface area contributed by atoms with Crippen LogP contribution < -0.4 is 0 Å². The van der Waals surface area contributed by atoms with Crippen LogP contribution in [0.4, 0.5) is 0 Å². The molecule has 0 saturated heterocycles. The van der Waals surface area contributed by atoms with E-state index in [-0.39, 0.29) is 909 Å². The second kappa shape index (κ2) is 535. The van der Waals surface area contributed by atoms with Gasteiger partial charge in [0.15, 0.2) is 0 Å². The molecule has 49 heteroatoms. The largest absolute Gasteiger partial charge is 0 e. The van der Waals surface area contributed by atoms with E-state index >= 15 is 0 Å². The molecular formula is V49. The van der Waals surface area contributed by atoms with E-state index in [4.69, 9.17) is 0 Å². The third-order valence-corrected chi connectivity index (χ3v) is 0. The molecule has 0 amide bonds. The standard InChI is InChI=1S/49V. The number of hydrogen-bond acceptors (Lipinski definition) is 0. The van der Waals surface area contributed by atoms with E-state index in [1.165, 1.54) is 0 Å². The zero-order valence-corrected chi connectivity index (χ0v) is 90.4. The predicted octanol–water partition coefficient (Wildman–Crippen LogP) is -0.123. The fourth-order valence-corrected chi connectivity index (χ4v) is 0. The third kappa shape index (κ3) is 521. The van der Waals surface area contributed by atoms with Gasteiger partial charge in [-0.2, -0.15) is 0 Å². The molecule has 0 nitrogen and oxygen atoms in total.